The fourth-order valence-electron chi connectivity index (χ4n) is 1.23. The van der Waals surface area contributed by atoms with E-state index < -0.39 is 0 Å². The number of amidine groups is 1. The monoisotopic (exact) mass is 200 g/mol. The number of nitrogens with zero attached hydrogens (tertiary/aromatic N) is 2. The Hall–Kier alpha value is -1.70. The van der Waals surface area contributed by atoms with E-state index >= 15 is 0 Å². The second kappa shape index (κ2) is 5.91. The number of hydrogen-bond donors (Lipinski definition) is 0. The molecule has 0 unspecified atom stereocenters. The van der Waals surface area contributed by atoms with Crippen LogP contribution >= 0.6 is 0 Å². The molecule has 0 N–H and O–H groups in total. The Labute approximate surface area is 91.1 Å². The number of allylic oxidation sites excluding steroid dienone is 1. The van der Waals surface area contributed by atoms with E-state index in [0.29, 0.717) is 5.84 Å². The summed E-state index contributed by atoms with van der Waals surface area (Å²) in [6.45, 7) is 8.96. The summed E-state index contributed by atoms with van der Waals surface area (Å²) in [7, 11) is 0. The van der Waals surface area contributed by atoms with Crippen molar-refractivity contribution in [3.63, 3.8) is 0 Å². The van der Waals surface area contributed by atoms with Crippen LogP contribution in [0.15, 0.2) is 46.9 Å². The zero-order valence-corrected chi connectivity index (χ0v) is 9.11. The summed E-state index contributed by atoms with van der Waals surface area (Å²) in [5.74, 6) is 0.689. The smallest absolute Gasteiger partial charge is 0.125 e. The zero-order chi connectivity index (χ0) is 11.1. The van der Waals surface area contributed by atoms with Gasteiger partial charge in [-0.2, -0.15) is 0 Å². The summed E-state index contributed by atoms with van der Waals surface area (Å²) < 4.78 is 0. The topological polar surface area (TPSA) is 24.7 Å². The van der Waals surface area contributed by atoms with E-state index in [1.165, 1.54) is 5.56 Å². The summed E-state index contributed by atoms with van der Waals surface area (Å²) in [5.41, 5.74) is 2.22. The number of benzene rings is 1. The van der Waals surface area contributed by atoms with Gasteiger partial charge in [0, 0.05) is 0 Å². The van der Waals surface area contributed by atoms with Crippen LogP contribution in [0.3, 0.4) is 0 Å². The molecule has 0 saturated carbocycles. The SMILES string of the molecule is C=CCCc1ccc(/N=C(/C)N=C)cc1. The highest BCUT2D eigenvalue weighted by Crippen LogP contribution is 2.14. The maximum absolute atomic E-state index is 4.27. The first-order valence-electron chi connectivity index (χ1n) is 4.98. The summed E-state index contributed by atoms with van der Waals surface area (Å²) in [6, 6.07) is 8.15. The molecule has 0 radical (unpaired) electrons. The highest BCUT2D eigenvalue weighted by Gasteiger charge is 1.93. The molecule has 1 aromatic rings. The first-order valence-corrected chi connectivity index (χ1v) is 4.98. The van der Waals surface area contributed by atoms with Crippen molar-refractivity contribution < 1.29 is 0 Å². The molecule has 0 heterocycles. The lowest BCUT2D eigenvalue weighted by Crippen LogP contribution is -1.84. The van der Waals surface area contributed by atoms with Gasteiger partial charge in [-0.15, -0.1) is 6.58 Å². The van der Waals surface area contributed by atoms with Crippen molar-refractivity contribution in [3.05, 3.63) is 42.5 Å². The Morgan fingerprint density at radius 1 is 1.33 bits per heavy atom. The predicted molar refractivity (Wildman–Crippen MR) is 67.3 cm³/mol. The molecule has 0 fully saturated rings. The Kier molecular flexibility index (Phi) is 4.48. The van der Waals surface area contributed by atoms with Gasteiger partial charge in [0.05, 0.1) is 5.69 Å². The summed E-state index contributed by atoms with van der Waals surface area (Å²) in [6.07, 6.45) is 3.97. The number of rotatable bonds is 4. The molecule has 1 aromatic carbocycles. The minimum absolute atomic E-state index is 0.689. The molecule has 0 saturated heterocycles. The van der Waals surface area contributed by atoms with Crippen molar-refractivity contribution in [1.82, 2.24) is 0 Å². The number of hydrogen-bond acceptors (Lipinski definition) is 1. The van der Waals surface area contributed by atoms with E-state index in [4.69, 9.17) is 0 Å². The molecule has 0 amide bonds. The van der Waals surface area contributed by atoms with Crippen molar-refractivity contribution in [2.24, 2.45) is 9.98 Å². The maximum Gasteiger partial charge on any atom is 0.125 e. The maximum atomic E-state index is 4.27. The molecule has 0 aliphatic heterocycles. The van der Waals surface area contributed by atoms with Crippen molar-refractivity contribution in [2.45, 2.75) is 19.8 Å². The average molecular weight is 200 g/mol. The van der Waals surface area contributed by atoms with E-state index in [0.717, 1.165) is 18.5 Å². The van der Waals surface area contributed by atoms with E-state index in [1.807, 2.05) is 25.1 Å². The quantitative estimate of drug-likeness (QED) is 0.403. The van der Waals surface area contributed by atoms with Gasteiger partial charge in [-0.05, 0) is 44.2 Å². The van der Waals surface area contributed by atoms with Crippen molar-refractivity contribution >= 4 is 18.2 Å². The van der Waals surface area contributed by atoms with Crippen LogP contribution < -0.4 is 0 Å². The second-order valence-corrected chi connectivity index (χ2v) is 3.31. The minimum Gasteiger partial charge on any atom is -0.250 e. The number of aryl methyl sites for hydroxylation is 1. The van der Waals surface area contributed by atoms with Crippen LogP contribution in [0.4, 0.5) is 5.69 Å². The lowest BCUT2D eigenvalue weighted by atomic mass is 10.1. The Bertz CT molecular complexity index is 361. The molecule has 0 aliphatic carbocycles. The van der Waals surface area contributed by atoms with Crippen LogP contribution in [0.1, 0.15) is 18.9 Å². The Morgan fingerprint density at radius 3 is 2.53 bits per heavy atom. The van der Waals surface area contributed by atoms with Gasteiger partial charge < -0.3 is 0 Å². The van der Waals surface area contributed by atoms with Crippen LogP contribution in [0.2, 0.25) is 0 Å². The number of aliphatic imine (C=N–C) groups is 2. The standard InChI is InChI=1S/C13H16N2/c1-4-5-6-12-7-9-13(10-8-12)15-11(2)14-3/h4,7-10H,1,3,5-6H2,2H3/b15-11-. The fraction of sp³-hybridized carbons (Fsp3) is 0.231. The normalized spacial score (nSPS) is 11.1. The molecule has 0 atom stereocenters. The van der Waals surface area contributed by atoms with Crippen molar-refractivity contribution in [1.29, 1.82) is 0 Å². The van der Waals surface area contributed by atoms with Crippen LogP contribution in [0, 0.1) is 0 Å². The second-order valence-electron chi connectivity index (χ2n) is 3.31. The molecule has 1 rings (SSSR count). The summed E-state index contributed by atoms with van der Waals surface area (Å²) in [5, 5.41) is 0. The van der Waals surface area contributed by atoms with Gasteiger partial charge in [0.25, 0.3) is 0 Å². The van der Waals surface area contributed by atoms with Gasteiger partial charge in [0.1, 0.15) is 5.84 Å². The van der Waals surface area contributed by atoms with E-state index in [1.54, 1.807) is 0 Å². The first kappa shape index (κ1) is 11.4. The molecule has 2 heteroatoms. The Balaban J connectivity index is 2.71. The van der Waals surface area contributed by atoms with Gasteiger partial charge in [0.2, 0.25) is 0 Å². The zero-order valence-electron chi connectivity index (χ0n) is 9.11. The summed E-state index contributed by atoms with van der Waals surface area (Å²) >= 11 is 0. The summed E-state index contributed by atoms with van der Waals surface area (Å²) in [4.78, 5) is 8.01. The molecule has 0 bridgehead atoms. The van der Waals surface area contributed by atoms with Crippen LogP contribution in [-0.2, 0) is 6.42 Å². The van der Waals surface area contributed by atoms with Crippen LogP contribution in [0.5, 0.6) is 0 Å². The van der Waals surface area contributed by atoms with Gasteiger partial charge in [-0.1, -0.05) is 18.2 Å². The highest BCUT2D eigenvalue weighted by molar-refractivity contribution is 5.86. The molecular weight excluding hydrogens is 184 g/mol. The molecular formula is C13H16N2. The largest absolute Gasteiger partial charge is 0.250 e. The Morgan fingerprint density at radius 2 is 2.00 bits per heavy atom. The molecule has 2 nitrogen and oxygen atoms in total. The van der Waals surface area contributed by atoms with Gasteiger partial charge >= 0.3 is 0 Å². The van der Waals surface area contributed by atoms with Crippen molar-refractivity contribution in [2.75, 3.05) is 0 Å². The third-order valence-corrected chi connectivity index (χ3v) is 2.09. The van der Waals surface area contributed by atoms with Crippen molar-refractivity contribution in [3.8, 4) is 0 Å². The van der Waals surface area contributed by atoms with Gasteiger partial charge in [-0.25, -0.2) is 9.98 Å². The lowest BCUT2D eigenvalue weighted by molar-refractivity contribution is 1.00. The van der Waals surface area contributed by atoms with Gasteiger partial charge in [-0.3, -0.25) is 0 Å². The van der Waals surface area contributed by atoms with E-state index in [-0.39, 0.29) is 0 Å². The third-order valence-electron chi connectivity index (χ3n) is 2.09. The lowest BCUT2D eigenvalue weighted by Gasteiger charge is -1.99. The average Bonchev–Trinajstić information content (AvgIpc) is 2.28. The van der Waals surface area contributed by atoms with E-state index in [2.05, 4.69) is 35.4 Å². The van der Waals surface area contributed by atoms with Gasteiger partial charge in [0.15, 0.2) is 0 Å². The van der Waals surface area contributed by atoms with E-state index in [9.17, 15) is 0 Å². The third kappa shape index (κ3) is 3.90. The first-order chi connectivity index (χ1) is 7.26. The fourth-order valence-corrected chi connectivity index (χ4v) is 1.23. The molecule has 0 spiro atoms. The molecule has 0 aromatic heterocycles. The van der Waals surface area contributed by atoms with Crippen LogP contribution in [-0.4, -0.2) is 12.6 Å². The molecule has 15 heavy (non-hydrogen) atoms. The highest BCUT2D eigenvalue weighted by atomic mass is 14.9. The van der Waals surface area contributed by atoms with Crippen LogP contribution in [0.25, 0.3) is 0 Å². The minimum atomic E-state index is 0.689. The predicted octanol–water partition coefficient (Wildman–Crippen LogP) is 3.56. The molecule has 0 aliphatic rings. The molecule has 78 valence electrons.